The molecule has 0 unspecified atom stereocenters. The maximum atomic E-state index is 9.47. The molecule has 1 aromatic rings. The summed E-state index contributed by atoms with van der Waals surface area (Å²) in [6.07, 6.45) is 6.34. The molecule has 82 valence electrons. The highest BCUT2D eigenvalue weighted by Crippen LogP contribution is 2.32. The molecule has 1 aliphatic carbocycles. The summed E-state index contributed by atoms with van der Waals surface area (Å²) in [6.45, 7) is 2.19. The fraction of sp³-hybridized carbons (Fsp3) is 0.583. The number of nitrogens with zero attached hydrogens (tertiary/aromatic N) is 1. The molecule has 1 heterocycles. The lowest BCUT2D eigenvalue weighted by Crippen LogP contribution is -2.38. The van der Waals surface area contributed by atoms with E-state index >= 15 is 0 Å². The zero-order valence-corrected chi connectivity index (χ0v) is 9.16. The molecule has 1 fully saturated rings. The normalized spacial score (nSPS) is 19.1. The predicted octanol–water partition coefficient (Wildman–Crippen LogP) is 2.11. The monoisotopic (exact) mass is 206 g/mol. The minimum atomic E-state index is -0.0895. The van der Waals surface area contributed by atoms with Crippen molar-refractivity contribution in [2.24, 2.45) is 0 Å². The number of anilines is 1. The summed E-state index contributed by atoms with van der Waals surface area (Å²) in [6, 6.07) is 3.98. The van der Waals surface area contributed by atoms with Crippen LogP contribution in [0.15, 0.2) is 18.3 Å². The molecule has 3 heteroatoms. The predicted molar refractivity (Wildman–Crippen MR) is 60.9 cm³/mol. The van der Waals surface area contributed by atoms with Gasteiger partial charge in [-0.25, -0.2) is 0 Å². The molecule has 15 heavy (non-hydrogen) atoms. The highest BCUT2D eigenvalue weighted by molar-refractivity contribution is 5.46. The van der Waals surface area contributed by atoms with Crippen LogP contribution in [0.5, 0.6) is 0 Å². The molecule has 0 bridgehead atoms. The van der Waals surface area contributed by atoms with E-state index in [0.717, 1.165) is 24.2 Å². The zero-order chi connectivity index (χ0) is 10.7. The van der Waals surface area contributed by atoms with Gasteiger partial charge in [-0.1, -0.05) is 12.8 Å². The van der Waals surface area contributed by atoms with Gasteiger partial charge in [0, 0.05) is 17.6 Å². The Morgan fingerprint density at radius 2 is 2.20 bits per heavy atom. The number of aryl methyl sites for hydroxylation is 1. The average Bonchev–Trinajstić information content (AvgIpc) is 2.67. The van der Waals surface area contributed by atoms with Crippen molar-refractivity contribution in [2.75, 3.05) is 11.9 Å². The van der Waals surface area contributed by atoms with E-state index in [-0.39, 0.29) is 12.1 Å². The number of hydrogen-bond donors (Lipinski definition) is 2. The highest BCUT2D eigenvalue weighted by atomic mass is 16.3. The van der Waals surface area contributed by atoms with Crippen molar-refractivity contribution in [2.45, 2.75) is 38.1 Å². The minimum absolute atomic E-state index is 0.0895. The van der Waals surface area contributed by atoms with Gasteiger partial charge in [-0.2, -0.15) is 0 Å². The maximum absolute atomic E-state index is 9.47. The van der Waals surface area contributed by atoms with E-state index in [1.165, 1.54) is 12.8 Å². The zero-order valence-electron chi connectivity index (χ0n) is 9.16. The van der Waals surface area contributed by atoms with E-state index in [9.17, 15) is 5.11 Å². The first-order valence-corrected chi connectivity index (χ1v) is 5.56. The summed E-state index contributed by atoms with van der Waals surface area (Å²) in [5.41, 5.74) is 1.98. The van der Waals surface area contributed by atoms with E-state index in [0.29, 0.717) is 0 Å². The molecule has 3 nitrogen and oxygen atoms in total. The molecule has 0 aromatic carbocycles. The molecule has 0 radical (unpaired) electrons. The van der Waals surface area contributed by atoms with Gasteiger partial charge in [0.15, 0.2) is 0 Å². The number of aliphatic hydroxyl groups excluding tert-OH is 1. The van der Waals surface area contributed by atoms with E-state index in [1.807, 2.05) is 19.1 Å². The Kier molecular flexibility index (Phi) is 2.91. The third-order valence-corrected chi connectivity index (χ3v) is 3.17. The van der Waals surface area contributed by atoms with Crippen LogP contribution in [-0.4, -0.2) is 22.2 Å². The summed E-state index contributed by atoms with van der Waals surface area (Å²) in [5, 5.41) is 12.9. The first-order valence-electron chi connectivity index (χ1n) is 5.56. The summed E-state index contributed by atoms with van der Waals surface area (Å²) in [4.78, 5) is 4.16. The Morgan fingerprint density at radius 3 is 2.80 bits per heavy atom. The van der Waals surface area contributed by atoms with Crippen LogP contribution in [0.2, 0.25) is 0 Å². The van der Waals surface area contributed by atoms with Gasteiger partial charge in [0.2, 0.25) is 0 Å². The van der Waals surface area contributed by atoms with Crippen LogP contribution in [0.1, 0.15) is 31.4 Å². The van der Waals surface area contributed by atoms with E-state index in [2.05, 4.69) is 10.3 Å². The van der Waals surface area contributed by atoms with Gasteiger partial charge in [0.05, 0.1) is 12.1 Å². The fourth-order valence-corrected chi connectivity index (χ4v) is 2.30. The smallest absolute Gasteiger partial charge is 0.0661 e. The lowest BCUT2D eigenvalue weighted by atomic mass is 9.98. The summed E-state index contributed by atoms with van der Waals surface area (Å²) in [7, 11) is 0. The third kappa shape index (κ3) is 2.29. The van der Waals surface area contributed by atoms with Crippen LogP contribution in [0, 0.1) is 6.92 Å². The lowest BCUT2D eigenvalue weighted by molar-refractivity contribution is 0.214. The second-order valence-corrected chi connectivity index (χ2v) is 4.46. The SMILES string of the molecule is Cc1cc(NC2(CO)CCCC2)ccn1. The second kappa shape index (κ2) is 4.19. The van der Waals surface area contributed by atoms with Crippen LogP contribution in [-0.2, 0) is 0 Å². The summed E-state index contributed by atoms with van der Waals surface area (Å²) < 4.78 is 0. The van der Waals surface area contributed by atoms with Crippen LogP contribution < -0.4 is 5.32 Å². The molecule has 1 aromatic heterocycles. The molecular formula is C12H18N2O. The molecule has 0 aliphatic heterocycles. The Hall–Kier alpha value is -1.09. The molecule has 0 saturated heterocycles. The molecule has 0 amide bonds. The van der Waals surface area contributed by atoms with Crippen molar-refractivity contribution in [1.82, 2.24) is 4.98 Å². The molecule has 0 spiro atoms. The van der Waals surface area contributed by atoms with Crippen LogP contribution >= 0.6 is 0 Å². The van der Waals surface area contributed by atoms with Crippen molar-refractivity contribution in [1.29, 1.82) is 0 Å². The first-order chi connectivity index (χ1) is 7.24. The van der Waals surface area contributed by atoms with Gasteiger partial charge >= 0.3 is 0 Å². The first kappa shape index (κ1) is 10.4. The molecule has 1 aliphatic rings. The number of aliphatic hydroxyl groups is 1. The van der Waals surface area contributed by atoms with E-state index < -0.39 is 0 Å². The fourth-order valence-electron chi connectivity index (χ4n) is 2.30. The van der Waals surface area contributed by atoms with Gasteiger partial charge in [-0.05, 0) is 31.9 Å². The molecule has 2 N–H and O–H groups in total. The molecule has 1 saturated carbocycles. The van der Waals surface area contributed by atoms with Gasteiger partial charge < -0.3 is 10.4 Å². The third-order valence-electron chi connectivity index (χ3n) is 3.17. The van der Waals surface area contributed by atoms with E-state index in [4.69, 9.17) is 0 Å². The highest BCUT2D eigenvalue weighted by Gasteiger charge is 2.32. The Morgan fingerprint density at radius 1 is 1.47 bits per heavy atom. The molecule has 0 atom stereocenters. The summed E-state index contributed by atoms with van der Waals surface area (Å²) in [5.74, 6) is 0. The standard InChI is InChI=1S/C12H18N2O/c1-10-8-11(4-7-13-10)14-12(9-15)5-2-3-6-12/h4,7-8,15H,2-3,5-6,9H2,1H3,(H,13,14). The topological polar surface area (TPSA) is 45.1 Å². The number of rotatable bonds is 3. The van der Waals surface area contributed by atoms with Crippen molar-refractivity contribution < 1.29 is 5.11 Å². The Bertz CT molecular complexity index is 332. The number of aromatic nitrogens is 1. The quantitative estimate of drug-likeness (QED) is 0.796. The maximum Gasteiger partial charge on any atom is 0.0661 e. The summed E-state index contributed by atoms with van der Waals surface area (Å²) >= 11 is 0. The Labute approximate surface area is 90.5 Å². The van der Waals surface area contributed by atoms with Crippen LogP contribution in [0.4, 0.5) is 5.69 Å². The average molecular weight is 206 g/mol. The largest absolute Gasteiger partial charge is 0.394 e. The number of nitrogens with one attached hydrogen (secondary N) is 1. The van der Waals surface area contributed by atoms with Gasteiger partial charge in [-0.15, -0.1) is 0 Å². The second-order valence-electron chi connectivity index (χ2n) is 4.46. The van der Waals surface area contributed by atoms with Gasteiger partial charge in [0.1, 0.15) is 0 Å². The Balaban J connectivity index is 2.12. The van der Waals surface area contributed by atoms with Gasteiger partial charge in [0.25, 0.3) is 0 Å². The van der Waals surface area contributed by atoms with Crippen molar-refractivity contribution in [3.63, 3.8) is 0 Å². The molecular weight excluding hydrogens is 188 g/mol. The van der Waals surface area contributed by atoms with Crippen LogP contribution in [0.3, 0.4) is 0 Å². The van der Waals surface area contributed by atoms with Gasteiger partial charge in [-0.3, -0.25) is 4.98 Å². The minimum Gasteiger partial charge on any atom is -0.394 e. The van der Waals surface area contributed by atoms with Crippen molar-refractivity contribution >= 4 is 5.69 Å². The van der Waals surface area contributed by atoms with Crippen molar-refractivity contribution in [3.8, 4) is 0 Å². The molecule has 2 rings (SSSR count). The number of pyridine rings is 1. The van der Waals surface area contributed by atoms with Crippen LogP contribution in [0.25, 0.3) is 0 Å². The van der Waals surface area contributed by atoms with Crippen molar-refractivity contribution in [3.05, 3.63) is 24.0 Å². The number of hydrogen-bond acceptors (Lipinski definition) is 3. The van der Waals surface area contributed by atoms with E-state index in [1.54, 1.807) is 6.20 Å². The lowest BCUT2D eigenvalue weighted by Gasteiger charge is -2.29.